The molecule has 0 aliphatic carbocycles. The number of hydrogen-bond acceptors (Lipinski definition) is 2. The van der Waals surface area contributed by atoms with Crippen LogP contribution in [-0.4, -0.2) is 35.6 Å². The lowest BCUT2D eigenvalue weighted by Gasteiger charge is -2.19. The van der Waals surface area contributed by atoms with E-state index < -0.39 is 5.97 Å². The van der Waals surface area contributed by atoms with E-state index >= 15 is 0 Å². The molecule has 1 saturated heterocycles. The van der Waals surface area contributed by atoms with Gasteiger partial charge >= 0.3 is 5.97 Å². The molecule has 1 fully saturated rings. The second-order valence-electron chi connectivity index (χ2n) is 4.27. The van der Waals surface area contributed by atoms with Crippen LogP contribution in [0, 0.1) is 0 Å². The second kappa shape index (κ2) is 6.62. The molecule has 0 unspecified atom stereocenters. The number of likely N-dealkylation sites (tertiary alicyclic amines) is 1. The molecule has 0 aromatic rings. The van der Waals surface area contributed by atoms with Crippen LogP contribution in [0.1, 0.15) is 38.5 Å². The Bertz CT molecular complexity index is 218. The molecule has 1 heterocycles. The second-order valence-corrected chi connectivity index (χ2v) is 4.27. The van der Waals surface area contributed by atoms with E-state index in [-0.39, 0.29) is 0 Å². The molecule has 0 spiro atoms. The highest BCUT2D eigenvalue weighted by atomic mass is 16.4. The number of nitrogens with zero attached hydrogens (tertiary/aromatic N) is 1. The molecular formula is C12H21NO2. The van der Waals surface area contributed by atoms with Crippen molar-refractivity contribution >= 4 is 5.97 Å². The summed E-state index contributed by atoms with van der Waals surface area (Å²) in [5.41, 5.74) is 0.338. The molecule has 0 aromatic heterocycles. The van der Waals surface area contributed by atoms with Crippen LogP contribution in [0.2, 0.25) is 0 Å². The average molecular weight is 211 g/mol. The highest BCUT2D eigenvalue weighted by molar-refractivity contribution is 5.85. The van der Waals surface area contributed by atoms with E-state index in [0.717, 1.165) is 13.0 Å². The minimum Gasteiger partial charge on any atom is -0.478 e. The average Bonchev–Trinajstić information content (AvgIpc) is 2.46. The first-order valence-electron chi connectivity index (χ1n) is 5.83. The first-order chi connectivity index (χ1) is 7.20. The Morgan fingerprint density at radius 2 is 1.80 bits per heavy atom. The third-order valence-electron chi connectivity index (χ3n) is 2.95. The van der Waals surface area contributed by atoms with Crippen LogP contribution in [0.3, 0.4) is 0 Å². The Morgan fingerprint density at radius 1 is 1.20 bits per heavy atom. The molecule has 3 nitrogen and oxygen atoms in total. The van der Waals surface area contributed by atoms with E-state index in [1.165, 1.54) is 38.8 Å². The molecule has 1 aliphatic rings. The first-order valence-corrected chi connectivity index (χ1v) is 5.83. The summed E-state index contributed by atoms with van der Waals surface area (Å²) < 4.78 is 0. The molecule has 1 aliphatic heterocycles. The van der Waals surface area contributed by atoms with Gasteiger partial charge in [0.05, 0.1) is 0 Å². The number of carboxylic acid groups (broad SMARTS) is 1. The third-order valence-corrected chi connectivity index (χ3v) is 2.95. The zero-order valence-corrected chi connectivity index (χ0v) is 9.37. The van der Waals surface area contributed by atoms with Crippen molar-refractivity contribution in [3.8, 4) is 0 Å². The minimum absolute atomic E-state index is 0.338. The normalized spacial score (nSPS) is 18.4. The van der Waals surface area contributed by atoms with Crippen LogP contribution >= 0.6 is 0 Å². The first kappa shape index (κ1) is 12.2. The highest BCUT2D eigenvalue weighted by Crippen LogP contribution is 2.11. The van der Waals surface area contributed by atoms with Crippen molar-refractivity contribution in [2.45, 2.75) is 38.5 Å². The van der Waals surface area contributed by atoms with Gasteiger partial charge in [-0.1, -0.05) is 19.4 Å². The van der Waals surface area contributed by atoms with Crippen LogP contribution in [-0.2, 0) is 4.79 Å². The van der Waals surface area contributed by atoms with Crippen LogP contribution in [0.15, 0.2) is 12.2 Å². The van der Waals surface area contributed by atoms with Gasteiger partial charge in [0.15, 0.2) is 0 Å². The van der Waals surface area contributed by atoms with Gasteiger partial charge in [0, 0.05) is 5.57 Å². The lowest BCUT2D eigenvalue weighted by atomic mass is 10.1. The largest absolute Gasteiger partial charge is 0.478 e. The van der Waals surface area contributed by atoms with Crippen LogP contribution in [0.25, 0.3) is 0 Å². The smallest absolute Gasteiger partial charge is 0.330 e. The summed E-state index contributed by atoms with van der Waals surface area (Å²) in [5.74, 6) is -0.856. The summed E-state index contributed by atoms with van der Waals surface area (Å²) in [6.45, 7) is 6.92. The van der Waals surface area contributed by atoms with Gasteiger partial charge in [-0.15, -0.1) is 0 Å². The van der Waals surface area contributed by atoms with Gasteiger partial charge in [0.2, 0.25) is 0 Å². The predicted octanol–water partition coefficient (Wildman–Crippen LogP) is 2.28. The molecule has 0 aromatic carbocycles. The van der Waals surface area contributed by atoms with Crippen LogP contribution in [0.4, 0.5) is 0 Å². The molecule has 15 heavy (non-hydrogen) atoms. The van der Waals surface area contributed by atoms with Crippen LogP contribution < -0.4 is 0 Å². The van der Waals surface area contributed by atoms with Crippen molar-refractivity contribution in [3.05, 3.63) is 12.2 Å². The summed E-state index contributed by atoms with van der Waals surface area (Å²) in [5, 5.41) is 8.65. The zero-order valence-electron chi connectivity index (χ0n) is 9.37. The van der Waals surface area contributed by atoms with E-state index in [4.69, 9.17) is 5.11 Å². The van der Waals surface area contributed by atoms with E-state index in [0.29, 0.717) is 12.0 Å². The number of carboxylic acids is 1. The van der Waals surface area contributed by atoms with Crippen molar-refractivity contribution in [3.63, 3.8) is 0 Å². The highest BCUT2D eigenvalue weighted by Gasteiger charge is 2.09. The minimum atomic E-state index is -0.856. The third kappa shape index (κ3) is 4.98. The number of carbonyl (C=O) groups is 1. The van der Waals surface area contributed by atoms with E-state index in [2.05, 4.69) is 11.5 Å². The Morgan fingerprint density at radius 3 is 2.33 bits per heavy atom. The molecule has 0 atom stereocenters. The van der Waals surface area contributed by atoms with E-state index in [9.17, 15) is 4.79 Å². The summed E-state index contributed by atoms with van der Waals surface area (Å²) >= 11 is 0. The monoisotopic (exact) mass is 211 g/mol. The van der Waals surface area contributed by atoms with Crippen molar-refractivity contribution in [1.29, 1.82) is 0 Å². The van der Waals surface area contributed by atoms with Gasteiger partial charge in [-0.25, -0.2) is 4.79 Å². The Kier molecular flexibility index (Phi) is 5.40. The van der Waals surface area contributed by atoms with E-state index in [1.807, 2.05) is 0 Å². The standard InChI is InChI=1S/C12H21NO2/c1-11(12(14)15)7-6-10-13-8-4-2-3-5-9-13/h1-10H2,(H,14,15). The summed E-state index contributed by atoms with van der Waals surface area (Å²) in [6, 6.07) is 0. The lowest BCUT2D eigenvalue weighted by Crippen LogP contribution is -2.25. The summed E-state index contributed by atoms with van der Waals surface area (Å²) in [7, 11) is 0. The van der Waals surface area contributed by atoms with E-state index in [1.54, 1.807) is 0 Å². The quantitative estimate of drug-likeness (QED) is 0.709. The van der Waals surface area contributed by atoms with Gasteiger partial charge in [-0.2, -0.15) is 0 Å². The molecule has 86 valence electrons. The Labute approximate surface area is 91.8 Å². The maximum atomic E-state index is 10.5. The number of hydrogen-bond donors (Lipinski definition) is 1. The molecule has 3 heteroatoms. The van der Waals surface area contributed by atoms with Gasteiger partial charge in [0.25, 0.3) is 0 Å². The number of aliphatic carboxylic acids is 1. The zero-order chi connectivity index (χ0) is 11.1. The fourth-order valence-corrected chi connectivity index (χ4v) is 1.98. The van der Waals surface area contributed by atoms with Gasteiger partial charge in [-0.3, -0.25) is 0 Å². The number of rotatable bonds is 5. The van der Waals surface area contributed by atoms with Crippen molar-refractivity contribution in [2.75, 3.05) is 19.6 Å². The summed E-state index contributed by atoms with van der Waals surface area (Å²) in [6.07, 6.45) is 6.81. The predicted molar refractivity (Wildman–Crippen MR) is 60.9 cm³/mol. The van der Waals surface area contributed by atoms with Crippen LogP contribution in [0.5, 0.6) is 0 Å². The fourth-order valence-electron chi connectivity index (χ4n) is 1.98. The van der Waals surface area contributed by atoms with Crippen molar-refractivity contribution in [1.82, 2.24) is 4.90 Å². The molecule has 0 radical (unpaired) electrons. The lowest BCUT2D eigenvalue weighted by molar-refractivity contribution is -0.132. The van der Waals surface area contributed by atoms with Crippen molar-refractivity contribution < 1.29 is 9.90 Å². The van der Waals surface area contributed by atoms with Gasteiger partial charge < -0.3 is 10.0 Å². The molecule has 0 amide bonds. The Balaban J connectivity index is 2.13. The van der Waals surface area contributed by atoms with Gasteiger partial charge in [0.1, 0.15) is 0 Å². The fraction of sp³-hybridized carbons (Fsp3) is 0.750. The maximum absolute atomic E-state index is 10.5. The molecule has 0 saturated carbocycles. The SMILES string of the molecule is C=C(CCCN1CCCCCC1)C(=O)O. The van der Waals surface area contributed by atoms with Gasteiger partial charge in [-0.05, 0) is 45.3 Å². The topological polar surface area (TPSA) is 40.5 Å². The summed E-state index contributed by atoms with van der Waals surface area (Å²) in [4.78, 5) is 13.0. The van der Waals surface area contributed by atoms with Crippen molar-refractivity contribution in [2.24, 2.45) is 0 Å². The molecule has 0 bridgehead atoms. The Hall–Kier alpha value is -0.830. The molecule has 1 N–H and O–H groups in total. The molecular weight excluding hydrogens is 190 g/mol. The molecule has 1 rings (SSSR count). The maximum Gasteiger partial charge on any atom is 0.330 e.